The van der Waals surface area contributed by atoms with Crippen molar-refractivity contribution in [2.24, 2.45) is 4.99 Å². The molecule has 0 saturated carbocycles. The highest BCUT2D eigenvalue weighted by Crippen LogP contribution is 2.11. The molecule has 1 saturated heterocycles. The van der Waals surface area contributed by atoms with Crippen LogP contribution in [-0.2, 0) is 0 Å². The Morgan fingerprint density at radius 3 is 2.50 bits per heavy atom. The SMILES string of the molecule is CN=C(NCCNC(=O)c1cccc(Br)c1)N1CCN(c2ncccn2)CC1. The number of aromatic nitrogens is 2. The molecule has 0 atom stereocenters. The molecule has 148 valence electrons. The van der Waals surface area contributed by atoms with E-state index in [1.54, 1.807) is 31.6 Å². The topological polar surface area (TPSA) is 85.8 Å². The number of nitrogens with zero attached hydrogens (tertiary/aromatic N) is 5. The third-order valence-corrected chi connectivity index (χ3v) is 4.90. The molecule has 2 N–H and O–H groups in total. The first-order valence-electron chi connectivity index (χ1n) is 9.18. The molecule has 0 spiro atoms. The Labute approximate surface area is 173 Å². The second-order valence-corrected chi connectivity index (χ2v) is 7.18. The zero-order valence-electron chi connectivity index (χ0n) is 15.8. The van der Waals surface area contributed by atoms with Crippen molar-refractivity contribution in [3.05, 3.63) is 52.8 Å². The second-order valence-electron chi connectivity index (χ2n) is 6.26. The molecular weight excluding hydrogens is 422 g/mol. The summed E-state index contributed by atoms with van der Waals surface area (Å²) in [6, 6.07) is 9.16. The number of nitrogens with one attached hydrogen (secondary N) is 2. The van der Waals surface area contributed by atoms with Gasteiger partial charge in [0.2, 0.25) is 5.95 Å². The van der Waals surface area contributed by atoms with Crippen LogP contribution in [0.5, 0.6) is 0 Å². The predicted molar refractivity (Wildman–Crippen MR) is 114 cm³/mol. The summed E-state index contributed by atoms with van der Waals surface area (Å²) in [5, 5.41) is 6.23. The Balaban J connectivity index is 1.41. The van der Waals surface area contributed by atoms with Gasteiger partial charge in [-0.15, -0.1) is 0 Å². The summed E-state index contributed by atoms with van der Waals surface area (Å²) in [5.74, 6) is 1.51. The Kier molecular flexibility index (Phi) is 7.18. The molecule has 0 bridgehead atoms. The van der Waals surface area contributed by atoms with Crippen molar-refractivity contribution in [3.63, 3.8) is 0 Å². The van der Waals surface area contributed by atoms with Crippen LogP contribution in [0.3, 0.4) is 0 Å². The minimum atomic E-state index is -0.0884. The first-order valence-corrected chi connectivity index (χ1v) is 9.98. The van der Waals surface area contributed by atoms with Crippen LogP contribution >= 0.6 is 15.9 Å². The van der Waals surface area contributed by atoms with Crippen LogP contribution in [0.1, 0.15) is 10.4 Å². The number of halogens is 1. The number of rotatable bonds is 5. The highest BCUT2D eigenvalue weighted by Gasteiger charge is 2.20. The van der Waals surface area contributed by atoms with E-state index in [9.17, 15) is 4.79 Å². The fourth-order valence-electron chi connectivity index (χ4n) is 2.99. The van der Waals surface area contributed by atoms with Crippen LogP contribution in [0.4, 0.5) is 5.95 Å². The van der Waals surface area contributed by atoms with E-state index < -0.39 is 0 Å². The number of benzene rings is 1. The summed E-state index contributed by atoms with van der Waals surface area (Å²) in [6.45, 7) is 4.47. The number of hydrogen-bond donors (Lipinski definition) is 2. The maximum atomic E-state index is 12.2. The van der Waals surface area contributed by atoms with E-state index in [0.29, 0.717) is 18.7 Å². The van der Waals surface area contributed by atoms with Gasteiger partial charge in [-0.2, -0.15) is 0 Å². The summed E-state index contributed by atoms with van der Waals surface area (Å²) in [4.78, 5) is 29.5. The number of hydrogen-bond acceptors (Lipinski definition) is 5. The maximum absolute atomic E-state index is 12.2. The van der Waals surface area contributed by atoms with E-state index in [-0.39, 0.29) is 5.91 Å². The molecule has 1 aromatic carbocycles. The van der Waals surface area contributed by atoms with Crippen LogP contribution < -0.4 is 15.5 Å². The van der Waals surface area contributed by atoms with Crippen LogP contribution in [-0.4, -0.2) is 73.1 Å². The summed E-state index contributed by atoms with van der Waals surface area (Å²) in [7, 11) is 1.77. The summed E-state index contributed by atoms with van der Waals surface area (Å²) >= 11 is 3.38. The van der Waals surface area contributed by atoms with E-state index in [0.717, 1.165) is 42.6 Å². The van der Waals surface area contributed by atoms with Crippen molar-refractivity contribution in [1.29, 1.82) is 0 Å². The number of guanidine groups is 1. The third kappa shape index (κ3) is 5.41. The zero-order chi connectivity index (χ0) is 19.8. The lowest BCUT2D eigenvalue weighted by atomic mass is 10.2. The molecule has 2 heterocycles. The lowest BCUT2D eigenvalue weighted by molar-refractivity contribution is 0.0954. The van der Waals surface area contributed by atoms with E-state index in [1.165, 1.54) is 0 Å². The number of anilines is 1. The second kappa shape index (κ2) is 10.0. The first kappa shape index (κ1) is 20.1. The number of amides is 1. The fraction of sp³-hybridized carbons (Fsp3) is 0.368. The molecule has 1 aromatic heterocycles. The Hall–Kier alpha value is -2.68. The minimum Gasteiger partial charge on any atom is -0.354 e. The molecule has 8 nitrogen and oxygen atoms in total. The van der Waals surface area contributed by atoms with Crippen molar-refractivity contribution >= 4 is 33.7 Å². The molecule has 2 aromatic rings. The first-order chi connectivity index (χ1) is 13.7. The molecule has 3 rings (SSSR count). The third-order valence-electron chi connectivity index (χ3n) is 4.41. The summed E-state index contributed by atoms with van der Waals surface area (Å²) in [5.41, 5.74) is 0.637. The van der Waals surface area contributed by atoms with Gasteiger partial charge in [0.1, 0.15) is 0 Å². The van der Waals surface area contributed by atoms with Gasteiger partial charge in [-0.25, -0.2) is 9.97 Å². The number of aliphatic imine (C=N–C) groups is 1. The molecular formula is C19H24BrN7O. The van der Waals surface area contributed by atoms with E-state index in [1.807, 2.05) is 18.2 Å². The number of carbonyl (C=O) groups excluding carboxylic acids is 1. The Morgan fingerprint density at radius 1 is 1.11 bits per heavy atom. The van der Waals surface area contributed by atoms with Gasteiger partial charge in [-0.1, -0.05) is 22.0 Å². The van der Waals surface area contributed by atoms with Gasteiger partial charge in [0.15, 0.2) is 5.96 Å². The quantitative estimate of drug-likeness (QED) is 0.410. The van der Waals surface area contributed by atoms with Crippen LogP contribution in [0.25, 0.3) is 0 Å². The van der Waals surface area contributed by atoms with Crippen molar-refractivity contribution in [3.8, 4) is 0 Å². The van der Waals surface area contributed by atoms with Crippen molar-refractivity contribution < 1.29 is 4.79 Å². The highest BCUT2D eigenvalue weighted by molar-refractivity contribution is 9.10. The van der Waals surface area contributed by atoms with E-state index >= 15 is 0 Å². The van der Waals surface area contributed by atoms with E-state index in [4.69, 9.17) is 0 Å². The molecule has 28 heavy (non-hydrogen) atoms. The predicted octanol–water partition coefficient (Wildman–Crippen LogP) is 1.37. The van der Waals surface area contributed by atoms with Crippen molar-refractivity contribution in [1.82, 2.24) is 25.5 Å². The van der Waals surface area contributed by atoms with Crippen molar-refractivity contribution in [2.75, 3.05) is 51.2 Å². The summed E-state index contributed by atoms with van der Waals surface area (Å²) < 4.78 is 0.888. The molecule has 0 radical (unpaired) electrons. The standard InChI is InChI=1S/C19H24BrN7O/c1-21-18(25-9-8-22-17(28)15-4-2-5-16(20)14-15)26-10-12-27(13-11-26)19-23-6-3-7-24-19/h2-7,14H,8-13H2,1H3,(H,21,25)(H,22,28). The van der Waals surface area contributed by atoms with Gasteiger partial charge in [-0.05, 0) is 24.3 Å². The molecule has 1 fully saturated rings. The molecule has 0 aliphatic carbocycles. The Morgan fingerprint density at radius 2 is 1.82 bits per heavy atom. The zero-order valence-corrected chi connectivity index (χ0v) is 17.4. The number of carbonyl (C=O) groups is 1. The average molecular weight is 446 g/mol. The molecule has 1 amide bonds. The van der Waals surface area contributed by atoms with Gasteiger partial charge < -0.3 is 20.4 Å². The molecule has 9 heteroatoms. The normalized spacial score (nSPS) is 14.7. The van der Waals surface area contributed by atoms with Gasteiger partial charge in [0.05, 0.1) is 0 Å². The Bertz CT molecular complexity index is 807. The monoisotopic (exact) mass is 445 g/mol. The molecule has 0 unspecified atom stereocenters. The van der Waals surface area contributed by atoms with Crippen LogP contribution in [0.2, 0.25) is 0 Å². The van der Waals surface area contributed by atoms with Crippen molar-refractivity contribution in [2.45, 2.75) is 0 Å². The average Bonchev–Trinajstić information content (AvgIpc) is 2.74. The lowest BCUT2D eigenvalue weighted by Gasteiger charge is -2.36. The maximum Gasteiger partial charge on any atom is 0.251 e. The van der Waals surface area contributed by atoms with Crippen LogP contribution in [0, 0.1) is 0 Å². The van der Waals surface area contributed by atoms with E-state index in [2.05, 4.69) is 51.3 Å². The minimum absolute atomic E-state index is 0.0884. The molecule has 1 aliphatic rings. The van der Waals surface area contributed by atoms with Gasteiger partial charge in [0.25, 0.3) is 5.91 Å². The smallest absolute Gasteiger partial charge is 0.251 e. The van der Waals surface area contributed by atoms with Gasteiger partial charge in [-0.3, -0.25) is 9.79 Å². The highest BCUT2D eigenvalue weighted by atomic mass is 79.9. The molecule has 1 aliphatic heterocycles. The lowest BCUT2D eigenvalue weighted by Crippen LogP contribution is -2.53. The summed E-state index contributed by atoms with van der Waals surface area (Å²) in [6.07, 6.45) is 3.52. The largest absolute Gasteiger partial charge is 0.354 e. The number of piperazine rings is 1. The van der Waals surface area contributed by atoms with Gasteiger partial charge in [0, 0.05) is 68.7 Å². The van der Waals surface area contributed by atoms with Gasteiger partial charge >= 0.3 is 0 Å². The van der Waals surface area contributed by atoms with Crippen LogP contribution in [0.15, 0.2) is 52.2 Å². The fourth-order valence-corrected chi connectivity index (χ4v) is 3.39.